The second-order valence-corrected chi connectivity index (χ2v) is 8.93. The van der Waals surface area contributed by atoms with Crippen LogP contribution in [0.5, 0.6) is 0 Å². The molecular formula is C23H26N4O3S. The van der Waals surface area contributed by atoms with Crippen LogP contribution in [0.3, 0.4) is 0 Å². The standard InChI is InChI=1S/C23H26N4O3S/c1-17-9-11-21(12-10-17)31(29,30)25-16-15-24-23(28)14-13-22-18(2)26-27(19(22)3)20-7-5-4-6-8-20/h4-14,25H,15-16H2,1-3H3,(H,24,28)/b14-13+. The van der Waals surface area contributed by atoms with Gasteiger partial charge in [-0.05, 0) is 51.1 Å². The van der Waals surface area contributed by atoms with Gasteiger partial charge in [-0.3, -0.25) is 4.79 Å². The Morgan fingerprint density at radius 3 is 2.35 bits per heavy atom. The van der Waals surface area contributed by atoms with Crippen molar-refractivity contribution in [2.75, 3.05) is 13.1 Å². The van der Waals surface area contributed by atoms with Crippen LogP contribution in [-0.4, -0.2) is 37.2 Å². The number of carbonyl (C=O) groups is 1. The molecule has 0 saturated heterocycles. The van der Waals surface area contributed by atoms with Gasteiger partial charge in [0.2, 0.25) is 15.9 Å². The van der Waals surface area contributed by atoms with Crippen LogP contribution in [0.15, 0.2) is 65.6 Å². The average molecular weight is 439 g/mol. The normalized spacial score (nSPS) is 11.7. The number of para-hydroxylation sites is 1. The summed E-state index contributed by atoms with van der Waals surface area (Å²) in [6.45, 7) is 6.01. The first-order valence-corrected chi connectivity index (χ1v) is 11.4. The molecule has 1 amide bonds. The van der Waals surface area contributed by atoms with Gasteiger partial charge < -0.3 is 5.32 Å². The fourth-order valence-corrected chi connectivity index (χ4v) is 4.14. The number of hydrogen-bond donors (Lipinski definition) is 2. The summed E-state index contributed by atoms with van der Waals surface area (Å²) in [7, 11) is -3.60. The van der Waals surface area contributed by atoms with Crippen LogP contribution in [0, 0.1) is 20.8 Å². The highest BCUT2D eigenvalue weighted by Gasteiger charge is 2.13. The fraction of sp³-hybridized carbons (Fsp3) is 0.217. The van der Waals surface area contributed by atoms with E-state index < -0.39 is 10.0 Å². The third-order valence-electron chi connectivity index (χ3n) is 4.80. The molecule has 0 fully saturated rings. The fourth-order valence-electron chi connectivity index (χ4n) is 3.11. The minimum atomic E-state index is -3.60. The Bertz CT molecular complexity index is 1180. The van der Waals surface area contributed by atoms with Crippen LogP contribution in [0.25, 0.3) is 11.8 Å². The van der Waals surface area contributed by atoms with Crippen molar-refractivity contribution in [3.63, 3.8) is 0 Å². The number of aryl methyl sites for hydroxylation is 2. The first kappa shape index (κ1) is 22.5. The maximum atomic E-state index is 12.2. The van der Waals surface area contributed by atoms with Gasteiger partial charge >= 0.3 is 0 Å². The number of sulfonamides is 1. The summed E-state index contributed by atoms with van der Waals surface area (Å²) in [5, 5.41) is 7.24. The van der Waals surface area contributed by atoms with E-state index in [0.29, 0.717) is 0 Å². The Labute approximate surface area is 182 Å². The molecular weight excluding hydrogens is 412 g/mol. The zero-order valence-electron chi connectivity index (χ0n) is 17.8. The van der Waals surface area contributed by atoms with Gasteiger partial charge in [0.05, 0.1) is 16.3 Å². The first-order chi connectivity index (χ1) is 14.8. The molecule has 0 spiro atoms. The highest BCUT2D eigenvalue weighted by atomic mass is 32.2. The number of rotatable bonds is 8. The molecule has 0 saturated carbocycles. The minimum absolute atomic E-state index is 0.0970. The Kier molecular flexibility index (Phi) is 7.04. The van der Waals surface area contributed by atoms with E-state index in [1.807, 2.05) is 55.8 Å². The first-order valence-electron chi connectivity index (χ1n) is 9.92. The topological polar surface area (TPSA) is 93.1 Å². The number of nitrogens with zero attached hydrogens (tertiary/aromatic N) is 2. The van der Waals surface area contributed by atoms with E-state index in [-0.39, 0.29) is 23.9 Å². The molecule has 3 rings (SSSR count). The van der Waals surface area contributed by atoms with E-state index in [2.05, 4.69) is 15.1 Å². The summed E-state index contributed by atoms with van der Waals surface area (Å²) >= 11 is 0. The zero-order valence-corrected chi connectivity index (χ0v) is 18.6. The van der Waals surface area contributed by atoms with Crippen molar-refractivity contribution >= 4 is 22.0 Å². The summed E-state index contributed by atoms with van der Waals surface area (Å²) < 4.78 is 28.8. The predicted octanol–water partition coefficient (Wildman–Crippen LogP) is 2.91. The summed E-state index contributed by atoms with van der Waals surface area (Å²) in [5.41, 5.74) is 4.56. The lowest BCUT2D eigenvalue weighted by Crippen LogP contribution is -2.34. The molecule has 2 N–H and O–H groups in total. The molecule has 31 heavy (non-hydrogen) atoms. The summed E-state index contributed by atoms with van der Waals surface area (Å²) in [4.78, 5) is 12.3. The number of benzene rings is 2. The summed E-state index contributed by atoms with van der Waals surface area (Å²) in [6, 6.07) is 16.4. The highest BCUT2D eigenvalue weighted by Crippen LogP contribution is 2.19. The highest BCUT2D eigenvalue weighted by molar-refractivity contribution is 7.89. The monoisotopic (exact) mass is 438 g/mol. The van der Waals surface area contributed by atoms with E-state index >= 15 is 0 Å². The van der Waals surface area contributed by atoms with Crippen LogP contribution in [0.2, 0.25) is 0 Å². The molecule has 0 radical (unpaired) electrons. The van der Waals surface area contributed by atoms with E-state index in [9.17, 15) is 13.2 Å². The molecule has 1 aromatic heterocycles. The lowest BCUT2D eigenvalue weighted by atomic mass is 10.2. The molecule has 3 aromatic rings. The van der Waals surface area contributed by atoms with Crippen LogP contribution < -0.4 is 10.0 Å². The zero-order chi connectivity index (χ0) is 22.4. The minimum Gasteiger partial charge on any atom is -0.351 e. The maximum absolute atomic E-state index is 12.2. The lowest BCUT2D eigenvalue weighted by molar-refractivity contribution is -0.116. The predicted molar refractivity (Wildman–Crippen MR) is 121 cm³/mol. The van der Waals surface area contributed by atoms with Crippen molar-refractivity contribution in [2.24, 2.45) is 0 Å². The van der Waals surface area contributed by atoms with Crippen molar-refractivity contribution in [3.05, 3.63) is 83.2 Å². The number of aromatic nitrogens is 2. The quantitative estimate of drug-likeness (QED) is 0.418. The molecule has 0 aliphatic rings. The van der Waals surface area contributed by atoms with Crippen LogP contribution in [0.4, 0.5) is 0 Å². The van der Waals surface area contributed by atoms with Crippen molar-refractivity contribution in [3.8, 4) is 5.69 Å². The number of nitrogens with one attached hydrogen (secondary N) is 2. The van der Waals surface area contributed by atoms with E-state index in [1.165, 1.54) is 6.08 Å². The molecule has 0 atom stereocenters. The molecule has 1 heterocycles. The Morgan fingerprint density at radius 2 is 1.68 bits per heavy atom. The van der Waals surface area contributed by atoms with Crippen LogP contribution >= 0.6 is 0 Å². The Morgan fingerprint density at radius 1 is 1.00 bits per heavy atom. The van der Waals surface area contributed by atoms with Crippen molar-refractivity contribution in [1.29, 1.82) is 0 Å². The van der Waals surface area contributed by atoms with Gasteiger partial charge in [-0.25, -0.2) is 17.8 Å². The van der Waals surface area contributed by atoms with Crippen LogP contribution in [-0.2, 0) is 14.8 Å². The number of carbonyl (C=O) groups excluding carboxylic acids is 1. The van der Waals surface area contributed by atoms with Crippen molar-refractivity contribution < 1.29 is 13.2 Å². The molecule has 0 bridgehead atoms. The third-order valence-corrected chi connectivity index (χ3v) is 6.27. The van der Waals surface area contributed by atoms with Gasteiger partial charge in [0.1, 0.15) is 0 Å². The SMILES string of the molecule is Cc1ccc(S(=O)(=O)NCCNC(=O)/C=C/c2c(C)nn(-c3ccccc3)c2C)cc1. The van der Waals surface area contributed by atoms with E-state index in [1.54, 1.807) is 30.3 Å². The Hall–Kier alpha value is -3.23. The second-order valence-electron chi connectivity index (χ2n) is 7.17. The van der Waals surface area contributed by atoms with Crippen LogP contribution in [0.1, 0.15) is 22.5 Å². The summed E-state index contributed by atoms with van der Waals surface area (Å²) in [5.74, 6) is -0.305. The summed E-state index contributed by atoms with van der Waals surface area (Å²) in [6.07, 6.45) is 3.16. The number of amides is 1. The van der Waals surface area contributed by atoms with Gasteiger partial charge in [0, 0.05) is 30.4 Å². The van der Waals surface area contributed by atoms with Gasteiger partial charge in [-0.15, -0.1) is 0 Å². The Balaban J connectivity index is 1.54. The largest absolute Gasteiger partial charge is 0.351 e. The smallest absolute Gasteiger partial charge is 0.244 e. The van der Waals surface area contributed by atoms with Gasteiger partial charge in [-0.2, -0.15) is 5.10 Å². The number of hydrogen-bond acceptors (Lipinski definition) is 4. The van der Waals surface area contributed by atoms with Crippen molar-refractivity contribution in [1.82, 2.24) is 19.8 Å². The molecule has 2 aromatic carbocycles. The molecule has 162 valence electrons. The molecule has 0 unspecified atom stereocenters. The second kappa shape index (κ2) is 9.72. The molecule has 0 aliphatic heterocycles. The lowest BCUT2D eigenvalue weighted by Gasteiger charge is -2.07. The van der Waals surface area contributed by atoms with Crippen molar-refractivity contribution in [2.45, 2.75) is 25.7 Å². The van der Waals surface area contributed by atoms with Gasteiger partial charge in [0.15, 0.2) is 0 Å². The van der Waals surface area contributed by atoms with E-state index in [0.717, 1.165) is 28.2 Å². The molecule has 8 heteroatoms. The van der Waals surface area contributed by atoms with E-state index in [4.69, 9.17) is 0 Å². The third kappa shape index (κ3) is 5.68. The molecule has 7 nitrogen and oxygen atoms in total. The average Bonchev–Trinajstić information content (AvgIpc) is 3.04. The van der Waals surface area contributed by atoms with Gasteiger partial charge in [-0.1, -0.05) is 35.9 Å². The van der Waals surface area contributed by atoms with Gasteiger partial charge in [0.25, 0.3) is 0 Å². The molecule has 0 aliphatic carbocycles. The maximum Gasteiger partial charge on any atom is 0.244 e.